The van der Waals surface area contributed by atoms with E-state index in [0.29, 0.717) is 28.9 Å². The number of carbonyl (C=O) groups excluding carboxylic acids is 3. The minimum atomic E-state index is -0.528. The van der Waals surface area contributed by atoms with E-state index in [1.807, 2.05) is 6.92 Å². The van der Waals surface area contributed by atoms with Crippen LogP contribution >= 0.6 is 11.8 Å². The molecular formula is C23H23N5O4S. The number of hydrogen-bond acceptors (Lipinski definition) is 7. The number of amides is 2. The maximum Gasteiger partial charge on any atom is 0.278 e. The summed E-state index contributed by atoms with van der Waals surface area (Å²) in [5, 5.41) is 13.3. The van der Waals surface area contributed by atoms with Gasteiger partial charge in [-0.3, -0.25) is 24.2 Å². The Morgan fingerprint density at radius 2 is 1.70 bits per heavy atom. The molecule has 0 fully saturated rings. The molecule has 0 aliphatic heterocycles. The van der Waals surface area contributed by atoms with Crippen molar-refractivity contribution in [1.29, 1.82) is 0 Å². The van der Waals surface area contributed by atoms with Gasteiger partial charge in [-0.2, -0.15) is 0 Å². The highest BCUT2D eigenvalue weighted by Gasteiger charge is 2.21. The Bertz CT molecular complexity index is 1240. The van der Waals surface area contributed by atoms with E-state index in [4.69, 9.17) is 0 Å². The van der Waals surface area contributed by atoms with Gasteiger partial charge in [0.15, 0.2) is 16.6 Å². The van der Waals surface area contributed by atoms with Crippen LogP contribution < -0.4 is 16.2 Å². The number of para-hydroxylation sites is 1. The number of nitrogens with zero attached hydrogens (tertiary/aromatic N) is 2. The van der Waals surface area contributed by atoms with Crippen LogP contribution in [0.15, 0.2) is 58.5 Å². The highest BCUT2D eigenvalue weighted by Crippen LogP contribution is 2.26. The standard InChI is InChI=1S/C23H23N5O4S/c1-4-19(21(31)25-16-11-9-15(10-12-16)13(2)29)33-23-26-22(32)20(27-28-23)17-7-5-6-8-18(17)24-14(3)30/h5-12,19H,4H2,1-3H3,(H,24,30)(H,25,31)(H,26,28,32). The predicted molar refractivity (Wildman–Crippen MR) is 127 cm³/mol. The summed E-state index contributed by atoms with van der Waals surface area (Å²) in [6.07, 6.45) is 0.485. The Hall–Kier alpha value is -3.79. The number of benzene rings is 2. The Morgan fingerprint density at radius 3 is 2.30 bits per heavy atom. The summed E-state index contributed by atoms with van der Waals surface area (Å²) in [5.41, 5.74) is 1.59. The van der Waals surface area contributed by atoms with Crippen LogP contribution in [0.3, 0.4) is 0 Å². The topological polar surface area (TPSA) is 134 Å². The molecule has 0 saturated carbocycles. The molecule has 1 heterocycles. The molecule has 3 aromatic rings. The average Bonchev–Trinajstić information content (AvgIpc) is 2.78. The number of ketones is 1. The second-order valence-corrected chi connectivity index (χ2v) is 8.36. The second kappa shape index (κ2) is 10.7. The summed E-state index contributed by atoms with van der Waals surface area (Å²) >= 11 is 1.09. The number of Topliss-reactive ketones (excluding diaryl/α,β-unsaturated/α-hetero) is 1. The number of aromatic nitrogens is 3. The fourth-order valence-electron chi connectivity index (χ4n) is 3.01. The molecule has 170 valence electrons. The highest BCUT2D eigenvalue weighted by molar-refractivity contribution is 8.00. The van der Waals surface area contributed by atoms with E-state index in [1.54, 1.807) is 48.5 Å². The van der Waals surface area contributed by atoms with Gasteiger partial charge >= 0.3 is 0 Å². The van der Waals surface area contributed by atoms with E-state index < -0.39 is 10.8 Å². The van der Waals surface area contributed by atoms with Crippen molar-refractivity contribution in [3.63, 3.8) is 0 Å². The number of carbonyl (C=O) groups is 3. The molecule has 0 aliphatic carbocycles. The van der Waals surface area contributed by atoms with Crippen molar-refractivity contribution in [3.05, 3.63) is 64.4 Å². The molecule has 3 N–H and O–H groups in total. The molecule has 1 aromatic heterocycles. The predicted octanol–water partition coefficient (Wildman–Crippen LogP) is 3.50. The van der Waals surface area contributed by atoms with Gasteiger partial charge in [0.25, 0.3) is 5.56 Å². The third kappa shape index (κ3) is 6.13. The first-order valence-corrected chi connectivity index (χ1v) is 11.1. The van der Waals surface area contributed by atoms with Crippen molar-refractivity contribution in [2.24, 2.45) is 0 Å². The minimum Gasteiger partial charge on any atom is -0.326 e. The molecular weight excluding hydrogens is 442 g/mol. The van der Waals surface area contributed by atoms with Gasteiger partial charge in [0, 0.05) is 23.7 Å². The zero-order chi connectivity index (χ0) is 24.0. The summed E-state index contributed by atoms with van der Waals surface area (Å²) in [6.45, 7) is 4.70. The van der Waals surface area contributed by atoms with Crippen LogP contribution in [0.25, 0.3) is 11.3 Å². The lowest BCUT2D eigenvalue weighted by atomic mass is 10.1. The normalized spacial score (nSPS) is 11.5. The largest absolute Gasteiger partial charge is 0.326 e. The summed E-state index contributed by atoms with van der Waals surface area (Å²) in [5.74, 6) is -0.590. The van der Waals surface area contributed by atoms with E-state index in [-0.39, 0.29) is 28.4 Å². The van der Waals surface area contributed by atoms with Gasteiger partial charge in [0.1, 0.15) is 0 Å². The molecule has 0 aliphatic rings. The lowest BCUT2D eigenvalue weighted by molar-refractivity contribution is -0.116. The minimum absolute atomic E-state index is 0.0551. The fourth-order valence-corrected chi connectivity index (χ4v) is 3.85. The number of hydrogen-bond donors (Lipinski definition) is 3. The Balaban J connectivity index is 1.75. The van der Waals surface area contributed by atoms with Gasteiger partial charge in [0.2, 0.25) is 11.8 Å². The molecule has 1 unspecified atom stereocenters. The smallest absolute Gasteiger partial charge is 0.278 e. The van der Waals surface area contributed by atoms with Crippen LogP contribution in [-0.4, -0.2) is 38.0 Å². The van der Waals surface area contributed by atoms with Gasteiger partial charge in [-0.05, 0) is 43.7 Å². The number of anilines is 2. The molecule has 9 nitrogen and oxygen atoms in total. The Labute approximate surface area is 194 Å². The molecule has 33 heavy (non-hydrogen) atoms. The Morgan fingerprint density at radius 1 is 1.00 bits per heavy atom. The quantitative estimate of drug-likeness (QED) is 0.342. The SMILES string of the molecule is CCC(Sc1nnc(-c2ccccc2NC(C)=O)c(=O)[nH]1)C(=O)Nc1ccc(C(C)=O)cc1. The lowest BCUT2D eigenvalue weighted by Crippen LogP contribution is -2.25. The molecule has 10 heteroatoms. The highest BCUT2D eigenvalue weighted by atomic mass is 32.2. The fraction of sp³-hybridized carbons (Fsp3) is 0.217. The van der Waals surface area contributed by atoms with Crippen molar-refractivity contribution in [2.75, 3.05) is 10.6 Å². The number of nitrogens with one attached hydrogen (secondary N) is 3. The molecule has 2 amide bonds. The number of rotatable bonds is 8. The van der Waals surface area contributed by atoms with Gasteiger partial charge in [-0.1, -0.05) is 36.9 Å². The zero-order valence-corrected chi connectivity index (χ0v) is 19.2. The van der Waals surface area contributed by atoms with Gasteiger partial charge in [-0.15, -0.1) is 10.2 Å². The van der Waals surface area contributed by atoms with E-state index >= 15 is 0 Å². The van der Waals surface area contributed by atoms with Gasteiger partial charge < -0.3 is 10.6 Å². The number of thioether (sulfide) groups is 1. The van der Waals surface area contributed by atoms with Gasteiger partial charge in [-0.25, -0.2) is 0 Å². The van der Waals surface area contributed by atoms with Crippen molar-refractivity contribution in [3.8, 4) is 11.3 Å². The third-order valence-corrected chi connectivity index (χ3v) is 5.88. The third-order valence-electron chi connectivity index (χ3n) is 4.65. The molecule has 0 saturated heterocycles. The molecule has 2 aromatic carbocycles. The van der Waals surface area contributed by atoms with Crippen LogP contribution in [0.2, 0.25) is 0 Å². The van der Waals surface area contributed by atoms with E-state index in [9.17, 15) is 19.2 Å². The number of aromatic amines is 1. The molecule has 0 spiro atoms. The summed E-state index contributed by atoms with van der Waals surface area (Å²) in [7, 11) is 0. The van der Waals surface area contributed by atoms with Crippen LogP contribution in [0.1, 0.15) is 37.6 Å². The Kier molecular flexibility index (Phi) is 7.73. The first-order chi connectivity index (χ1) is 15.8. The van der Waals surface area contributed by atoms with E-state index in [2.05, 4.69) is 25.8 Å². The molecule has 1 atom stereocenters. The monoisotopic (exact) mass is 465 g/mol. The van der Waals surface area contributed by atoms with Crippen LogP contribution in [0.5, 0.6) is 0 Å². The first kappa shape index (κ1) is 23.9. The van der Waals surface area contributed by atoms with Gasteiger partial charge in [0.05, 0.1) is 10.9 Å². The maximum atomic E-state index is 12.7. The molecule has 0 bridgehead atoms. The van der Waals surface area contributed by atoms with Crippen molar-refractivity contribution >= 4 is 40.7 Å². The second-order valence-electron chi connectivity index (χ2n) is 7.17. The maximum absolute atomic E-state index is 12.7. The average molecular weight is 466 g/mol. The van der Waals surface area contributed by atoms with E-state index in [0.717, 1.165) is 11.8 Å². The lowest BCUT2D eigenvalue weighted by Gasteiger charge is -2.14. The summed E-state index contributed by atoms with van der Waals surface area (Å²) in [6, 6.07) is 13.4. The molecule has 3 rings (SSSR count). The van der Waals surface area contributed by atoms with Crippen molar-refractivity contribution in [2.45, 2.75) is 37.6 Å². The first-order valence-electron chi connectivity index (χ1n) is 10.2. The van der Waals surface area contributed by atoms with Crippen LogP contribution in [0.4, 0.5) is 11.4 Å². The zero-order valence-electron chi connectivity index (χ0n) is 18.3. The van der Waals surface area contributed by atoms with Crippen LogP contribution in [0, 0.1) is 0 Å². The number of H-pyrrole nitrogens is 1. The van der Waals surface area contributed by atoms with Crippen LogP contribution in [-0.2, 0) is 9.59 Å². The van der Waals surface area contributed by atoms with E-state index in [1.165, 1.54) is 13.8 Å². The van der Waals surface area contributed by atoms with Crippen molar-refractivity contribution < 1.29 is 14.4 Å². The molecule has 0 radical (unpaired) electrons. The van der Waals surface area contributed by atoms with Crippen molar-refractivity contribution in [1.82, 2.24) is 15.2 Å². The summed E-state index contributed by atoms with van der Waals surface area (Å²) < 4.78 is 0. The summed E-state index contributed by atoms with van der Waals surface area (Å²) in [4.78, 5) is 50.9.